The molecule has 0 spiro atoms. The quantitative estimate of drug-likeness (QED) is 0.795. The van der Waals surface area contributed by atoms with Crippen LogP contribution in [0.15, 0.2) is 23.1 Å². The third kappa shape index (κ3) is 2.74. The standard InChI is InChI=1S/C15H22ClNO2S/c1-4-14-7-6-12(3)17(14)20(18,19)15-8-5-11(2)13(9-15)10-16/h5,8-9,12,14H,4,6-7,10H2,1-3H3. The van der Waals surface area contributed by atoms with Crippen molar-refractivity contribution in [1.82, 2.24) is 4.31 Å². The molecule has 1 saturated heterocycles. The van der Waals surface area contributed by atoms with Gasteiger partial charge in [-0.25, -0.2) is 8.42 Å². The maximum absolute atomic E-state index is 12.9. The van der Waals surface area contributed by atoms with E-state index in [-0.39, 0.29) is 12.1 Å². The van der Waals surface area contributed by atoms with E-state index in [1.165, 1.54) is 0 Å². The summed E-state index contributed by atoms with van der Waals surface area (Å²) < 4.78 is 27.4. The highest BCUT2D eigenvalue weighted by molar-refractivity contribution is 7.89. The minimum atomic E-state index is -3.42. The van der Waals surface area contributed by atoms with E-state index >= 15 is 0 Å². The molecular weight excluding hydrogens is 294 g/mol. The molecule has 1 aliphatic rings. The smallest absolute Gasteiger partial charge is 0.207 e. The van der Waals surface area contributed by atoms with Crippen LogP contribution >= 0.6 is 11.6 Å². The molecule has 0 N–H and O–H groups in total. The van der Waals surface area contributed by atoms with Crippen LogP contribution in [0.2, 0.25) is 0 Å². The first kappa shape index (κ1) is 15.8. The summed E-state index contributed by atoms with van der Waals surface area (Å²) in [4.78, 5) is 0.367. The van der Waals surface area contributed by atoms with Crippen LogP contribution in [0.5, 0.6) is 0 Å². The zero-order valence-corrected chi connectivity index (χ0v) is 13.8. The lowest BCUT2D eigenvalue weighted by atomic mass is 10.1. The van der Waals surface area contributed by atoms with Crippen molar-refractivity contribution >= 4 is 21.6 Å². The first-order valence-electron chi connectivity index (χ1n) is 7.10. The fourth-order valence-corrected chi connectivity index (χ4v) is 5.23. The van der Waals surface area contributed by atoms with Crippen molar-refractivity contribution in [2.45, 2.75) is 62.9 Å². The van der Waals surface area contributed by atoms with Gasteiger partial charge in [0.15, 0.2) is 0 Å². The van der Waals surface area contributed by atoms with Gasteiger partial charge in [-0.05, 0) is 56.4 Å². The lowest BCUT2D eigenvalue weighted by Crippen LogP contribution is -2.39. The number of nitrogens with zero attached hydrogens (tertiary/aromatic N) is 1. The Hall–Kier alpha value is -0.580. The molecule has 1 aliphatic heterocycles. The van der Waals surface area contributed by atoms with Crippen LogP contribution in [-0.4, -0.2) is 24.8 Å². The van der Waals surface area contributed by atoms with Crippen molar-refractivity contribution in [2.75, 3.05) is 0 Å². The van der Waals surface area contributed by atoms with Crippen molar-refractivity contribution < 1.29 is 8.42 Å². The molecule has 2 atom stereocenters. The topological polar surface area (TPSA) is 37.4 Å². The van der Waals surface area contributed by atoms with Crippen LogP contribution < -0.4 is 0 Å². The monoisotopic (exact) mass is 315 g/mol. The molecule has 1 aromatic rings. The van der Waals surface area contributed by atoms with Gasteiger partial charge in [0.05, 0.1) is 4.90 Å². The Balaban J connectivity index is 2.44. The maximum atomic E-state index is 12.9. The van der Waals surface area contributed by atoms with Gasteiger partial charge in [0, 0.05) is 18.0 Å². The molecule has 0 aliphatic carbocycles. The molecule has 1 heterocycles. The number of halogens is 1. The highest BCUT2D eigenvalue weighted by atomic mass is 35.5. The fourth-order valence-electron chi connectivity index (χ4n) is 2.94. The summed E-state index contributed by atoms with van der Waals surface area (Å²) in [6.07, 6.45) is 2.74. The summed E-state index contributed by atoms with van der Waals surface area (Å²) in [6, 6.07) is 5.45. The van der Waals surface area contributed by atoms with E-state index in [4.69, 9.17) is 11.6 Å². The molecule has 0 saturated carbocycles. The van der Waals surface area contributed by atoms with Crippen LogP contribution in [-0.2, 0) is 15.9 Å². The number of hydrogen-bond acceptors (Lipinski definition) is 2. The highest BCUT2D eigenvalue weighted by Gasteiger charge is 2.39. The minimum absolute atomic E-state index is 0.0747. The first-order valence-corrected chi connectivity index (χ1v) is 9.08. The van der Waals surface area contributed by atoms with Crippen LogP contribution in [0.4, 0.5) is 0 Å². The molecule has 5 heteroatoms. The Bertz CT molecular complexity index is 586. The summed E-state index contributed by atoms with van der Waals surface area (Å²) in [5.74, 6) is 0.335. The number of aryl methyl sites for hydroxylation is 1. The molecule has 2 rings (SSSR count). The van der Waals surface area contributed by atoms with Gasteiger partial charge in [-0.2, -0.15) is 4.31 Å². The van der Waals surface area contributed by atoms with Crippen molar-refractivity contribution in [3.8, 4) is 0 Å². The van der Waals surface area contributed by atoms with Gasteiger partial charge in [0.25, 0.3) is 0 Å². The summed E-state index contributed by atoms with van der Waals surface area (Å²) in [7, 11) is -3.42. The van der Waals surface area contributed by atoms with Crippen molar-refractivity contribution in [1.29, 1.82) is 0 Å². The van der Waals surface area contributed by atoms with Crippen molar-refractivity contribution in [3.05, 3.63) is 29.3 Å². The van der Waals surface area contributed by atoms with Crippen LogP contribution in [0.25, 0.3) is 0 Å². The number of benzene rings is 1. The Morgan fingerprint density at radius 3 is 2.65 bits per heavy atom. The second-order valence-corrected chi connectivity index (χ2v) is 7.66. The SMILES string of the molecule is CCC1CCC(C)N1S(=O)(=O)c1ccc(C)c(CCl)c1. The van der Waals surface area contributed by atoms with E-state index in [0.717, 1.165) is 30.4 Å². The number of sulfonamides is 1. The summed E-state index contributed by atoms with van der Waals surface area (Å²) >= 11 is 5.89. The number of rotatable bonds is 4. The Morgan fingerprint density at radius 2 is 2.05 bits per heavy atom. The van der Waals surface area contributed by atoms with Gasteiger partial charge in [-0.3, -0.25) is 0 Å². The van der Waals surface area contributed by atoms with Gasteiger partial charge >= 0.3 is 0 Å². The maximum Gasteiger partial charge on any atom is 0.243 e. The first-order chi connectivity index (χ1) is 9.41. The highest BCUT2D eigenvalue weighted by Crippen LogP contribution is 2.33. The fraction of sp³-hybridized carbons (Fsp3) is 0.600. The minimum Gasteiger partial charge on any atom is -0.207 e. The zero-order valence-electron chi connectivity index (χ0n) is 12.3. The number of hydrogen-bond donors (Lipinski definition) is 0. The number of alkyl halides is 1. The van der Waals surface area contributed by atoms with Gasteiger partial charge in [-0.15, -0.1) is 11.6 Å². The van der Waals surface area contributed by atoms with E-state index in [2.05, 4.69) is 0 Å². The van der Waals surface area contributed by atoms with E-state index in [1.807, 2.05) is 26.8 Å². The van der Waals surface area contributed by atoms with Crippen LogP contribution in [0.3, 0.4) is 0 Å². The molecule has 0 bridgehead atoms. The summed E-state index contributed by atoms with van der Waals surface area (Å²) in [5, 5.41) is 0. The molecule has 1 fully saturated rings. The summed E-state index contributed by atoms with van der Waals surface area (Å²) in [5.41, 5.74) is 1.91. The summed E-state index contributed by atoms with van der Waals surface area (Å²) in [6.45, 7) is 5.98. The van der Waals surface area contributed by atoms with Gasteiger partial charge in [-0.1, -0.05) is 13.0 Å². The third-order valence-electron chi connectivity index (χ3n) is 4.22. The van der Waals surface area contributed by atoms with Crippen LogP contribution in [0.1, 0.15) is 44.2 Å². The van der Waals surface area contributed by atoms with Crippen LogP contribution in [0, 0.1) is 6.92 Å². The van der Waals surface area contributed by atoms with Crippen molar-refractivity contribution in [3.63, 3.8) is 0 Å². The predicted octanol–water partition coefficient (Wildman–Crippen LogP) is 3.69. The second kappa shape index (κ2) is 6.04. The Labute approximate surface area is 127 Å². The largest absolute Gasteiger partial charge is 0.243 e. The van der Waals surface area contributed by atoms with Gasteiger partial charge < -0.3 is 0 Å². The molecule has 0 radical (unpaired) electrons. The Kier molecular flexibility index (Phi) is 4.77. The molecule has 0 amide bonds. The van der Waals surface area contributed by atoms with E-state index in [0.29, 0.717) is 10.8 Å². The second-order valence-electron chi connectivity index (χ2n) is 5.55. The Morgan fingerprint density at radius 1 is 1.35 bits per heavy atom. The average Bonchev–Trinajstić information content (AvgIpc) is 2.80. The average molecular weight is 316 g/mol. The molecule has 1 aromatic carbocycles. The zero-order chi connectivity index (χ0) is 14.9. The molecule has 20 heavy (non-hydrogen) atoms. The van der Waals surface area contributed by atoms with Gasteiger partial charge in [0.1, 0.15) is 0 Å². The molecule has 0 aromatic heterocycles. The molecule has 2 unspecified atom stereocenters. The lowest BCUT2D eigenvalue weighted by Gasteiger charge is -2.27. The van der Waals surface area contributed by atoms with Gasteiger partial charge in [0.2, 0.25) is 10.0 Å². The van der Waals surface area contributed by atoms with E-state index < -0.39 is 10.0 Å². The third-order valence-corrected chi connectivity index (χ3v) is 6.57. The molecule has 112 valence electrons. The van der Waals surface area contributed by atoms with Crippen molar-refractivity contribution in [2.24, 2.45) is 0 Å². The molecular formula is C15H22ClNO2S. The molecule has 3 nitrogen and oxygen atoms in total. The predicted molar refractivity (Wildman–Crippen MR) is 82.5 cm³/mol. The van der Waals surface area contributed by atoms with E-state index in [9.17, 15) is 8.42 Å². The van der Waals surface area contributed by atoms with E-state index in [1.54, 1.807) is 16.4 Å². The lowest BCUT2D eigenvalue weighted by molar-refractivity contribution is 0.328. The normalized spacial score (nSPS) is 24.2.